The van der Waals surface area contributed by atoms with Gasteiger partial charge in [-0.2, -0.15) is 0 Å². The highest BCUT2D eigenvalue weighted by Crippen LogP contribution is 2.32. The van der Waals surface area contributed by atoms with Gasteiger partial charge in [-0.15, -0.1) is 0 Å². The van der Waals surface area contributed by atoms with Gasteiger partial charge in [-0.3, -0.25) is 0 Å². The molecule has 3 N–H and O–H groups in total. The van der Waals surface area contributed by atoms with E-state index in [0.717, 1.165) is 0 Å². The number of rotatable bonds is 4. The van der Waals surface area contributed by atoms with Gasteiger partial charge in [-0.1, -0.05) is 12.1 Å². The first kappa shape index (κ1) is 13.9. The number of aromatic carboxylic acids is 1. The number of carbonyl (C=O) groups is 1. The summed E-state index contributed by atoms with van der Waals surface area (Å²) in [6.07, 6.45) is 0. The lowest BCUT2D eigenvalue weighted by Gasteiger charge is -2.25. The average Bonchev–Trinajstić information content (AvgIpc) is 2.41. The molecule has 104 valence electrons. The van der Waals surface area contributed by atoms with Gasteiger partial charge in [0.25, 0.3) is 0 Å². The first-order valence-corrected chi connectivity index (χ1v) is 6.19. The zero-order valence-corrected chi connectivity index (χ0v) is 11.0. The van der Waals surface area contributed by atoms with Gasteiger partial charge in [0, 0.05) is 12.2 Å². The van der Waals surface area contributed by atoms with E-state index < -0.39 is 5.97 Å². The molecule has 20 heavy (non-hydrogen) atoms. The van der Waals surface area contributed by atoms with Crippen LogP contribution >= 0.6 is 0 Å². The quantitative estimate of drug-likeness (QED) is 0.840. The third-order valence-corrected chi connectivity index (χ3v) is 3.04. The third kappa shape index (κ3) is 2.56. The fourth-order valence-electron chi connectivity index (χ4n) is 2.11. The van der Waals surface area contributed by atoms with Crippen molar-refractivity contribution in [3.05, 3.63) is 53.8 Å². The van der Waals surface area contributed by atoms with Gasteiger partial charge < -0.3 is 15.7 Å². The van der Waals surface area contributed by atoms with E-state index in [4.69, 9.17) is 10.8 Å². The molecule has 0 heterocycles. The molecule has 0 aliphatic rings. The van der Waals surface area contributed by atoms with Crippen molar-refractivity contribution >= 4 is 23.0 Å². The lowest BCUT2D eigenvalue weighted by atomic mass is 10.1. The minimum Gasteiger partial charge on any atom is -0.478 e. The zero-order valence-electron chi connectivity index (χ0n) is 11.0. The summed E-state index contributed by atoms with van der Waals surface area (Å²) < 4.78 is 13.3. The van der Waals surface area contributed by atoms with E-state index in [1.807, 2.05) is 6.92 Å². The number of anilines is 3. The van der Waals surface area contributed by atoms with Crippen LogP contribution in [-0.2, 0) is 0 Å². The van der Waals surface area contributed by atoms with E-state index in [1.165, 1.54) is 18.2 Å². The molecule has 0 saturated heterocycles. The van der Waals surface area contributed by atoms with Crippen LogP contribution in [0, 0.1) is 5.82 Å². The molecule has 0 amide bonds. The molecule has 5 heteroatoms. The van der Waals surface area contributed by atoms with Crippen molar-refractivity contribution in [3.63, 3.8) is 0 Å². The topological polar surface area (TPSA) is 66.6 Å². The van der Waals surface area contributed by atoms with Crippen LogP contribution in [-0.4, -0.2) is 17.6 Å². The SMILES string of the molecule is CCN(c1cccc(F)c1)c1cccc(C(=O)O)c1N. The number of hydrogen-bond acceptors (Lipinski definition) is 3. The molecule has 0 unspecified atom stereocenters. The van der Waals surface area contributed by atoms with Gasteiger partial charge in [0.1, 0.15) is 5.82 Å². The van der Waals surface area contributed by atoms with Gasteiger partial charge in [0.05, 0.1) is 16.9 Å². The highest BCUT2D eigenvalue weighted by Gasteiger charge is 2.16. The van der Waals surface area contributed by atoms with Crippen LogP contribution in [0.2, 0.25) is 0 Å². The smallest absolute Gasteiger partial charge is 0.337 e. The largest absolute Gasteiger partial charge is 0.478 e. The van der Waals surface area contributed by atoms with E-state index in [2.05, 4.69) is 0 Å². The maximum absolute atomic E-state index is 13.3. The van der Waals surface area contributed by atoms with Crippen LogP contribution < -0.4 is 10.6 Å². The Labute approximate surface area is 116 Å². The lowest BCUT2D eigenvalue weighted by Crippen LogP contribution is -2.19. The van der Waals surface area contributed by atoms with Crippen molar-refractivity contribution < 1.29 is 14.3 Å². The molecule has 0 atom stereocenters. The Morgan fingerprint density at radius 1 is 1.30 bits per heavy atom. The number of carboxylic acid groups (broad SMARTS) is 1. The highest BCUT2D eigenvalue weighted by atomic mass is 19.1. The standard InChI is InChI=1S/C15H15FN2O2/c1-2-18(11-6-3-5-10(16)9-11)13-8-4-7-12(14(13)17)15(19)20/h3-9H,2,17H2,1H3,(H,19,20). The number of carboxylic acids is 1. The third-order valence-electron chi connectivity index (χ3n) is 3.04. The molecule has 4 nitrogen and oxygen atoms in total. The number of nitrogens with two attached hydrogens (primary N) is 1. The summed E-state index contributed by atoms with van der Waals surface area (Å²) in [7, 11) is 0. The maximum Gasteiger partial charge on any atom is 0.337 e. The second kappa shape index (κ2) is 5.61. The van der Waals surface area contributed by atoms with Gasteiger partial charge in [-0.05, 0) is 37.3 Å². The molecule has 0 radical (unpaired) electrons. The van der Waals surface area contributed by atoms with Crippen molar-refractivity contribution in [2.24, 2.45) is 0 Å². The summed E-state index contributed by atoms with van der Waals surface area (Å²) in [5, 5.41) is 9.10. The van der Waals surface area contributed by atoms with E-state index in [0.29, 0.717) is 17.9 Å². The Morgan fingerprint density at radius 2 is 2.00 bits per heavy atom. The fourth-order valence-corrected chi connectivity index (χ4v) is 2.11. The molecular formula is C15H15FN2O2. The predicted molar refractivity (Wildman–Crippen MR) is 76.9 cm³/mol. The van der Waals surface area contributed by atoms with Gasteiger partial charge in [-0.25, -0.2) is 9.18 Å². The van der Waals surface area contributed by atoms with Gasteiger partial charge >= 0.3 is 5.97 Å². The van der Waals surface area contributed by atoms with Crippen molar-refractivity contribution in [2.45, 2.75) is 6.92 Å². The van der Waals surface area contributed by atoms with Crippen LogP contribution in [0.25, 0.3) is 0 Å². The lowest BCUT2D eigenvalue weighted by molar-refractivity contribution is 0.0698. The molecule has 2 rings (SSSR count). The Balaban J connectivity index is 2.53. The van der Waals surface area contributed by atoms with Crippen molar-refractivity contribution in [1.29, 1.82) is 0 Å². The molecule has 0 spiro atoms. The van der Waals surface area contributed by atoms with Crippen molar-refractivity contribution in [3.8, 4) is 0 Å². The van der Waals surface area contributed by atoms with E-state index in [-0.39, 0.29) is 17.1 Å². The van der Waals surface area contributed by atoms with Crippen LogP contribution in [0.4, 0.5) is 21.5 Å². The Kier molecular flexibility index (Phi) is 3.89. The molecule has 0 saturated carbocycles. The second-order valence-electron chi connectivity index (χ2n) is 4.27. The van der Waals surface area contributed by atoms with E-state index in [1.54, 1.807) is 29.2 Å². The molecule has 0 aromatic heterocycles. The Bertz CT molecular complexity index is 644. The van der Waals surface area contributed by atoms with Crippen LogP contribution in [0.1, 0.15) is 17.3 Å². The van der Waals surface area contributed by atoms with Crippen molar-refractivity contribution in [1.82, 2.24) is 0 Å². The maximum atomic E-state index is 13.3. The first-order chi connectivity index (χ1) is 9.54. The number of nitrogen functional groups attached to an aromatic ring is 1. The highest BCUT2D eigenvalue weighted by molar-refractivity contribution is 5.98. The van der Waals surface area contributed by atoms with Crippen molar-refractivity contribution in [2.75, 3.05) is 17.2 Å². The fraction of sp³-hybridized carbons (Fsp3) is 0.133. The minimum atomic E-state index is -1.08. The Morgan fingerprint density at radius 3 is 2.60 bits per heavy atom. The summed E-state index contributed by atoms with van der Waals surface area (Å²) in [5.74, 6) is -1.44. The second-order valence-corrected chi connectivity index (χ2v) is 4.27. The van der Waals surface area contributed by atoms with Gasteiger partial charge in [0.2, 0.25) is 0 Å². The van der Waals surface area contributed by atoms with Gasteiger partial charge in [0.15, 0.2) is 0 Å². The molecule has 0 aliphatic carbocycles. The number of nitrogens with zero attached hydrogens (tertiary/aromatic N) is 1. The minimum absolute atomic E-state index is 0.0392. The number of halogens is 1. The van der Waals surface area contributed by atoms with E-state index in [9.17, 15) is 9.18 Å². The van der Waals surface area contributed by atoms with Crippen LogP contribution in [0.15, 0.2) is 42.5 Å². The number of benzene rings is 2. The summed E-state index contributed by atoms with van der Waals surface area (Å²) in [5.41, 5.74) is 7.31. The summed E-state index contributed by atoms with van der Waals surface area (Å²) in [6.45, 7) is 2.43. The Hall–Kier alpha value is -2.56. The average molecular weight is 274 g/mol. The normalized spacial score (nSPS) is 10.3. The molecule has 2 aromatic carbocycles. The zero-order chi connectivity index (χ0) is 14.7. The van der Waals surface area contributed by atoms with Crippen LogP contribution in [0.5, 0.6) is 0 Å². The predicted octanol–water partition coefficient (Wildman–Crippen LogP) is 3.26. The monoisotopic (exact) mass is 274 g/mol. The molecule has 0 bridgehead atoms. The first-order valence-electron chi connectivity index (χ1n) is 6.19. The van der Waals surface area contributed by atoms with E-state index >= 15 is 0 Å². The summed E-state index contributed by atoms with van der Waals surface area (Å²) in [4.78, 5) is 12.9. The number of hydrogen-bond donors (Lipinski definition) is 2. The molecular weight excluding hydrogens is 259 g/mol. The van der Waals surface area contributed by atoms with Crippen LogP contribution in [0.3, 0.4) is 0 Å². The molecule has 2 aromatic rings. The summed E-state index contributed by atoms with van der Waals surface area (Å²) >= 11 is 0. The molecule has 0 fully saturated rings. The molecule has 0 aliphatic heterocycles. The number of para-hydroxylation sites is 1. The summed E-state index contributed by atoms with van der Waals surface area (Å²) in [6, 6.07) is 10.9.